The van der Waals surface area contributed by atoms with Crippen LogP contribution in [0.5, 0.6) is 0 Å². The molecule has 7 rings (SSSR count). The van der Waals surface area contributed by atoms with E-state index < -0.39 is 45.5 Å². The van der Waals surface area contributed by atoms with Crippen LogP contribution >= 0.6 is 0 Å². The number of hydrogen-bond acceptors (Lipinski definition) is 11. The van der Waals surface area contributed by atoms with Crippen molar-refractivity contribution in [3.8, 4) is 0 Å². The van der Waals surface area contributed by atoms with Gasteiger partial charge in [0.05, 0.1) is 17.5 Å². The average Bonchev–Trinajstić information content (AvgIpc) is 4.07. The topological polar surface area (TPSA) is 221 Å². The number of imidazole rings is 1. The van der Waals surface area contributed by atoms with E-state index in [1.807, 2.05) is 80.7 Å². The Labute approximate surface area is 449 Å². The fraction of sp³-hybridized carbons (Fsp3) is 0.322. The van der Waals surface area contributed by atoms with Gasteiger partial charge in [-0.3, -0.25) is 28.5 Å². The minimum absolute atomic E-state index is 0.00121. The summed E-state index contributed by atoms with van der Waals surface area (Å²) in [5.41, 5.74) is 4.47. The van der Waals surface area contributed by atoms with Crippen molar-refractivity contribution in [3.05, 3.63) is 195 Å². The van der Waals surface area contributed by atoms with Crippen LogP contribution in [-0.2, 0) is 52.5 Å². The molecule has 17 nitrogen and oxygen atoms in total. The number of aryl methyl sites for hydroxylation is 4. The summed E-state index contributed by atoms with van der Waals surface area (Å²) >= 11 is 0. The monoisotopic (exact) mass is 1060 g/mol. The summed E-state index contributed by atoms with van der Waals surface area (Å²) < 4.78 is 44.1. The van der Waals surface area contributed by atoms with Crippen LogP contribution in [0.25, 0.3) is 10.9 Å². The van der Waals surface area contributed by atoms with Gasteiger partial charge in [0.25, 0.3) is 5.91 Å². The second kappa shape index (κ2) is 26.7. The number of pyridine rings is 1. The molecule has 5 N–H and O–H groups in total. The number of carbonyl (C=O) groups is 4. The van der Waals surface area contributed by atoms with E-state index >= 15 is 0 Å². The van der Waals surface area contributed by atoms with Crippen LogP contribution in [0.15, 0.2) is 150 Å². The van der Waals surface area contributed by atoms with Gasteiger partial charge in [0, 0.05) is 82.8 Å². The number of nitrogens with zero attached hydrogens (tertiary/aromatic N) is 3. The zero-order valence-electron chi connectivity index (χ0n) is 44.3. The number of methoxy groups -OCH3 is 1. The Morgan fingerprint density at radius 2 is 1.32 bits per heavy atom. The molecule has 0 saturated carbocycles. The molecule has 2 heterocycles. The summed E-state index contributed by atoms with van der Waals surface area (Å²) in [6.07, 6.45) is 7.12. The van der Waals surface area contributed by atoms with Gasteiger partial charge in [-0.05, 0) is 85.5 Å². The number of ether oxygens (including phenoxy) is 2. The molecule has 404 valence electrons. The van der Waals surface area contributed by atoms with Gasteiger partial charge in [-0.15, -0.1) is 0 Å². The summed E-state index contributed by atoms with van der Waals surface area (Å²) in [4.78, 5) is 71.6. The zero-order chi connectivity index (χ0) is 55.0. The van der Waals surface area contributed by atoms with Crippen molar-refractivity contribution in [2.45, 2.75) is 89.4 Å². The highest BCUT2D eigenvalue weighted by atomic mass is 32.2. The highest BCUT2D eigenvalue weighted by Gasteiger charge is 2.40. The fourth-order valence-electron chi connectivity index (χ4n) is 9.71. The highest BCUT2D eigenvalue weighted by Crippen LogP contribution is 2.42. The lowest BCUT2D eigenvalue weighted by atomic mass is 9.76. The van der Waals surface area contributed by atoms with Gasteiger partial charge in [-0.1, -0.05) is 122 Å². The summed E-state index contributed by atoms with van der Waals surface area (Å²) in [5.74, 6) is -1.75. The number of carbonyl (C=O) groups excluding carboxylic acids is 4. The first-order chi connectivity index (χ1) is 37.2. The van der Waals surface area contributed by atoms with Crippen molar-refractivity contribution < 1.29 is 37.1 Å². The van der Waals surface area contributed by atoms with Crippen LogP contribution in [0.1, 0.15) is 88.3 Å². The number of esters is 1. The summed E-state index contributed by atoms with van der Waals surface area (Å²) in [6, 6.07) is 37.9. The maximum Gasteiger partial charge on any atom is 0.325 e. The fourth-order valence-corrected chi connectivity index (χ4v) is 11.3. The molecule has 5 aromatic carbocycles. The van der Waals surface area contributed by atoms with Crippen LogP contribution in [0.2, 0.25) is 0 Å². The molecule has 0 saturated heterocycles. The number of amides is 3. The molecule has 0 radical (unpaired) electrons. The lowest BCUT2D eigenvalue weighted by Crippen LogP contribution is -2.49. The molecule has 2 aromatic heterocycles. The number of aromatic nitrogens is 3. The Kier molecular flexibility index (Phi) is 19.7. The second-order valence-electron chi connectivity index (χ2n) is 18.9. The first-order valence-corrected chi connectivity index (χ1v) is 27.3. The van der Waals surface area contributed by atoms with Crippen LogP contribution in [0, 0.1) is 20.8 Å². The van der Waals surface area contributed by atoms with E-state index in [1.54, 1.807) is 48.9 Å². The molecule has 3 amide bonds. The van der Waals surface area contributed by atoms with Crippen LogP contribution in [0.3, 0.4) is 0 Å². The molecule has 77 heavy (non-hydrogen) atoms. The number of rotatable bonds is 27. The lowest BCUT2D eigenvalue weighted by Gasteiger charge is -2.38. The Balaban J connectivity index is 1.15. The van der Waals surface area contributed by atoms with E-state index in [0.717, 1.165) is 41.3 Å². The molecule has 0 fully saturated rings. The van der Waals surface area contributed by atoms with Crippen LogP contribution < -0.4 is 31.4 Å². The number of nitrogens with one attached hydrogen (secondary N) is 5. The highest BCUT2D eigenvalue weighted by molar-refractivity contribution is 7.89. The number of fused-ring (bicyclic) bond motifs is 1. The Bertz CT molecular complexity index is 3210. The molecule has 0 spiro atoms. The van der Waals surface area contributed by atoms with Crippen molar-refractivity contribution >= 4 is 50.6 Å². The molecule has 0 aliphatic rings. The molecule has 18 heteroatoms. The zero-order valence-corrected chi connectivity index (χ0v) is 45.1. The minimum atomic E-state index is -4.29. The first-order valence-electron chi connectivity index (χ1n) is 25.9. The van der Waals surface area contributed by atoms with E-state index in [2.05, 4.69) is 67.0 Å². The first kappa shape index (κ1) is 56.8. The summed E-state index contributed by atoms with van der Waals surface area (Å²) in [5, 5.41) is 12.1. The third kappa shape index (κ3) is 13.9. The van der Waals surface area contributed by atoms with Gasteiger partial charge in [-0.2, -0.15) is 4.72 Å². The third-order valence-electron chi connectivity index (χ3n) is 13.2. The van der Waals surface area contributed by atoms with Gasteiger partial charge in [0.2, 0.25) is 33.2 Å². The quantitative estimate of drug-likeness (QED) is 0.0200. The summed E-state index contributed by atoms with van der Waals surface area (Å²) in [7, 11) is -3.18. The standard InChI is InChI=1S/C59H68N8O9S/c1-6-33-76-34-17-29-61-53(69)27-26-52(68)60-28-16-31-66-40-49(56(71)63-39-50(57(72)75-5)65-77(73,74)55-42(3)35-41(2)36-43(55)4)54(70)48-25-24-44(37-51(48)66)38-64-58-62-30-32-67(58)59(45-18-10-7-11-19-45,46-20-12-8-13-21-46)47-22-14-9-15-23-47/h7-15,18-25,30,32,35-37,40,50,65H,6,16-17,26-29,31,33-34,38-39H2,1-5H3,(H,60,68)(H,61,69)(H,62,64)(H,63,71). The SMILES string of the molecule is CCCOCCCNC(=O)CCC(=O)NCCCn1cc(C(=O)NCC(NS(=O)(=O)c2c(C)cc(C)cc2C)C(=O)OC)c(=O)c2ccc(CNc3nccn3C(c3ccccc3)(c3ccccc3)c3ccccc3)cc21. The van der Waals surface area contributed by atoms with Crippen molar-refractivity contribution in [2.24, 2.45) is 0 Å². The predicted molar refractivity (Wildman–Crippen MR) is 297 cm³/mol. The van der Waals surface area contributed by atoms with E-state index in [9.17, 15) is 32.4 Å². The molecule has 0 aliphatic heterocycles. The van der Waals surface area contributed by atoms with Crippen LogP contribution in [0.4, 0.5) is 5.95 Å². The van der Waals surface area contributed by atoms with Crippen molar-refractivity contribution in [1.82, 2.24) is 34.8 Å². The molecule has 1 atom stereocenters. The maximum atomic E-state index is 14.4. The smallest absolute Gasteiger partial charge is 0.325 e. The largest absolute Gasteiger partial charge is 0.468 e. The van der Waals surface area contributed by atoms with E-state index in [-0.39, 0.29) is 60.1 Å². The number of hydrogen-bond donors (Lipinski definition) is 5. The Morgan fingerprint density at radius 3 is 1.90 bits per heavy atom. The molecule has 0 bridgehead atoms. The molecule has 0 aliphatic carbocycles. The molecular formula is C59H68N8O9S. The van der Waals surface area contributed by atoms with Gasteiger partial charge in [-0.25, -0.2) is 13.4 Å². The van der Waals surface area contributed by atoms with E-state index in [4.69, 9.17) is 14.5 Å². The number of benzene rings is 5. The van der Waals surface area contributed by atoms with Gasteiger partial charge in [0.1, 0.15) is 17.1 Å². The minimum Gasteiger partial charge on any atom is -0.468 e. The Hall–Kier alpha value is -7.93. The Morgan fingerprint density at radius 1 is 0.740 bits per heavy atom. The number of sulfonamides is 1. The second-order valence-corrected chi connectivity index (χ2v) is 20.5. The maximum absolute atomic E-state index is 14.4. The van der Waals surface area contributed by atoms with Gasteiger partial charge in [0.15, 0.2) is 0 Å². The van der Waals surface area contributed by atoms with E-state index in [0.29, 0.717) is 55.2 Å². The van der Waals surface area contributed by atoms with Gasteiger partial charge >= 0.3 is 5.97 Å². The van der Waals surface area contributed by atoms with Crippen molar-refractivity contribution in [3.63, 3.8) is 0 Å². The average molecular weight is 1070 g/mol. The molecule has 7 aromatic rings. The third-order valence-corrected chi connectivity index (χ3v) is 14.9. The van der Waals surface area contributed by atoms with Crippen LogP contribution in [-0.4, -0.2) is 92.2 Å². The molecular weight excluding hydrogens is 997 g/mol. The predicted octanol–water partition coefficient (Wildman–Crippen LogP) is 7.04. The van der Waals surface area contributed by atoms with E-state index in [1.165, 1.54) is 6.20 Å². The summed E-state index contributed by atoms with van der Waals surface area (Å²) in [6.45, 7) is 9.05. The normalized spacial score (nSPS) is 12.0. The van der Waals surface area contributed by atoms with Gasteiger partial charge < -0.3 is 35.3 Å². The molecule has 1 unspecified atom stereocenters. The van der Waals surface area contributed by atoms with Crippen molar-refractivity contribution in [1.29, 1.82) is 0 Å². The lowest BCUT2D eigenvalue weighted by molar-refractivity contribution is -0.142. The van der Waals surface area contributed by atoms with Crippen molar-refractivity contribution in [2.75, 3.05) is 45.3 Å². The number of anilines is 1.